The minimum Gasteiger partial charge on any atom is -0.462 e. The average molecular weight is 1380 g/mol. The first-order chi connectivity index (χ1) is 45.3. The van der Waals surface area contributed by atoms with Crippen LogP contribution < -0.4 is 0 Å². The third-order valence-electron chi connectivity index (χ3n) is 17.7. The monoisotopic (exact) mass is 1380 g/mol. The molecule has 0 rings (SSSR count). The van der Waals surface area contributed by atoms with Gasteiger partial charge in [-0.2, -0.15) is 0 Å². The molecule has 0 saturated heterocycles. The molecule has 94 heavy (non-hydrogen) atoms. The minimum absolute atomic E-state index is 0.106. The van der Waals surface area contributed by atoms with Crippen LogP contribution >= 0.6 is 15.6 Å². The molecule has 17 nitrogen and oxygen atoms in total. The number of phosphoric acid groups is 2. The molecule has 3 N–H and O–H groups in total. The van der Waals surface area contributed by atoms with E-state index in [4.69, 9.17) is 37.0 Å². The van der Waals surface area contributed by atoms with Gasteiger partial charge in [0.25, 0.3) is 0 Å². The smallest absolute Gasteiger partial charge is 0.462 e. The van der Waals surface area contributed by atoms with E-state index in [0.29, 0.717) is 31.6 Å². The molecule has 0 radical (unpaired) electrons. The summed E-state index contributed by atoms with van der Waals surface area (Å²) in [5, 5.41) is 10.6. The summed E-state index contributed by atoms with van der Waals surface area (Å²) in [7, 11) is -9.91. The van der Waals surface area contributed by atoms with E-state index in [1.807, 2.05) is 0 Å². The number of aliphatic hydroxyl groups is 1. The molecule has 0 amide bonds. The lowest BCUT2D eigenvalue weighted by molar-refractivity contribution is -0.161. The van der Waals surface area contributed by atoms with Crippen LogP contribution in [-0.2, 0) is 65.4 Å². The molecule has 0 aliphatic rings. The number of unbranched alkanes of at least 4 members (excludes halogenated alkanes) is 40. The van der Waals surface area contributed by atoms with E-state index in [1.54, 1.807) is 0 Å². The van der Waals surface area contributed by atoms with E-state index < -0.39 is 97.5 Å². The van der Waals surface area contributed by atoms with Crippen molar-refractivity contribution in [1.29, 1.82) is 0 Å². The predicted molar refractivity (Wildman–Crippen MR) is 381 cm³/mol. The molecule has 0 aromatic rings. The van der Waals surface area contributed by atoms with Crippen LogP contribution in [0.1, 0.15) is 382 Å². The summed E-state index contributed by atoms with van der Waals surface area (Å²) >= 11 is 0. The summed E-state index contributed by atoms with van der Waals surface area (Å²) < 4.78 is 68.4. The molecule has 0 saturated carbocycles. The molecule has 0 heterocycles. The van der Waals surface area contributed by atoms with Crippen LogP contribution in [0.15, 0.2) is 0 Å². The molecule has 3 unspecified atom stereocenters. The van der Waals surface area contributed by atoms with E-state index in [9.17, 15) is 43.2 Å². The number of phosphoric ester groups is 2. The number of rotatable bonds is 73. The van der Waals surface area contributed by atoms with Crippen LogP contribution in [-0.4, -0.2) is 96.7 Å². The van der Waals surface area contributed by atoms with Gasteiger partial charge >= 0.3 is 39.5 Å². The van der Waals surface area contributed by atoms with Crippen molar-refractivity contribution < 1.29 is 80.2 Å². The normalized spacial score (nSPS) is 14.4. The van der Waals surface area contributed by atoms with E-state index in [1.165, 1.54) is 186 Å². The summed E-state index contributed by atoms with van der Waals surface area (Å²) in [5.41, 5.74) is 0. The van der Waals surface area contributed by atoms with Crippen molar-refractivity contribution in [3.05, 3.63) is 0 Å². The molecular weight excluding hydrogens is 1230 g/mol. The third-order valence-corrected chi connectivity index (χ3v) is 19.6. The van der Waals surface area contributed by atoms with Crippen LogP contribution in [0.25, 0.3) is 0 Å². The van der Waals surface area contributed by atoms with E-state index in [-0.39, 0.29) is 25.7 Å². The Balaban J connectivity index is 5.23. The minimum atomic E-state index is -4.96. The zero-order chi connectivity index (χ0) is 69.4. The Bertz CT molecular complexity index is 1840. The number of carbonyl (C=O) groups is 4. The van der Waals surface area contributed by atoms with Crippen molar-refractivity contribution in [1.82, 2.24) is 0 Å². The largest absolute Gasteiger partial charge is 0.472 e. The fraction of sp³-hybridized carbons (Fsp3) is 0.947. The first-order valence-electron chi connectivity index (χ1n) is 38.9. The van der Waals surface area contributed by atoms with Crippen molar-refractivity contribution in [2.24, 2.45) is 17.8 Å². The lowest BCUT2D eigenvalue weighted by atomic mass is 9.99. The summed E-state index contributed by atoms with van der Waals surface area (Å²) in [6.45, 7) is 11.9. The van der Waals surface area contributed by atoms with Crippen molar-refractivity contribution in [2.45, 2.75) is 401 Å². The summed E-state index contributed by atoms with van der Waals surface area (Å²) in [5.74, 6) is 0.178. The zero-order valence-electron chi connectivity index (χ0n) is 61.4. The summed E-state index contributed by atoms with van der Waals surface area (Å²) in [6, 6.07) is 0. The molecular formula is C75H146O17P2. The van der Waals surface area contributed by atoms with Crippen molar-refractivity contribution in [3.63, 3.8) is 0 Å². The standard InChI is InChI=1S/C75H146O17P2/c1-8-10-11-12-13-14-15-23-30-35-44-51-58-74(79)92-71(63-86-73(78)57-50-43-38-37-40-47-54-67(5)6)65-90-94(83,84)88-61-69(76)60-87-93(81,82)89-64-70(62-85-72(77)56-49-42-34-29-26-25-28-33-41-48-55-68(7)9-2)91-75(80)59-52-45-36-31-24-21-19-17-16-18-20-22-27-32-39-46-53-66(3)4/h66-71,76H,8-65H2,1-7H3,(H,81,82)(H,83,84)/t68?,69-,70-,71-/m1/s1. The molecule has 0 aromatic carbocycles. The van der Waals surface area contributed by atoms with Gasteiger partial charge in [0.1, 0.15) is 19.3 Å². The average Bonchev–Trinajstić information content (AvgIpc) is 1.32. The third kappa shape index (κ3) is 67.3. The molecule has 0 aromatic heterocycles. The number of ether oxygens (including phenoxy) is 4. The fourth-order valence-corrected chi connectivity index (χ4v) is 13.0. The Morgan fingerprint density at radius 1 is 0.309 bits per heavy atom. The maximum absolute atomic E-state index is 13.1. The molecule has 558 valence electrons. The van der Waals surface area contributed by atoms with Gasteiger partial charge in [-0.25, -0.2) is 9.13 Å². The number of hydrogen-bond donors (Lipinski definition) is 3. The van der Waals surface area contributed by atoms with E-state index >= 15 is 0 Å². The number of aliphatic hydroxyl groups excluding tert-OH is 1. The highest BCUT2D eigenvalue weighted by Gasteiger charge is 2.30. The van der Waals surface area contributed by atoms with Gasteiger partial charge in [0.05, 0.1) is 26.4 Å². The highest BCUT2D eigenvalue weighted by Crippen LogP contribution is 2.45. The summed E-state index contributed by atoms with van der Waals surface area (Å²) in [6.07, 6.45) is 51.4. The fourth-order valence-electron chi connectivity index (χ4n) is 11.4. The second kappa shape index (κ2) is 65.7. The second-order valence-corrected chi connectivity index (χ2v) is 31.1. The van der Waals surface area contributed by atoms with Crippen LogP contribution in [0.3, 0.4) is 0 Å². The van der Waals surface area contributed by atoms with Gasteiger partial charge in [0, 0.05) is 25.7 Å². The molecule has 0 spiro atoms. The van der Waals surface area contributed by atoms with Gasteiger partial charge in [0.15, 0.2) is 12.2 Å². The van der Waals surface area contributed by atoms with Gasteiger partial charge in [-0.3, -0.25) is 37.3 Å². The quantitative estimate of drug-likeness (QED) is 0.0222. The Morgan fingerprint density at radius 3 is 0.809 bits per heavy atom. The lowest BCUT2D eigenvalue weighted by Gasteiger charge is -2.21. The van der Waals surface area contributed by atoms with Crippen LogP contribution in [0, 0.1) is 17.8 Å². The second-order valence-electron chi connectivity index (χ2n) is 28.2. The van der Waals surface area contributed by atoms with Gasteiger partial charge in [0.2, 0.25) is 0 Å². The predicted octanol–water partition coefficient (Wildman–Crippen LogP) is 21.8. The van der Waals surface area contributed by atoms with E-state index in [0.717, 1.165) is 108 Å². The lowest BCUT2D eigenvalue weighted by Crippen LogP contribution is -2.30. The molecule has 0 fully saturated rings. The van der Waals surface area contributed by atoms with Crippen molar-refractivity contribution in [3.8, 4) is 0 Å². The Hall–Kier alpha value is -1.94. The molecule has 6 atom stereocenters. The number of esters is 4. The molecule has 19 heteroatoms. The first-order valence-corrected chi connectivity index (χ1v) is 41.9. The van der Waals surface area contributed by atoms with Crippen LogP contribution in [0.4, 0.5) is 0 Å². The summed E-state index contributed by atoms with van der Waals surface area (Å²) in [4.78, 5) is 72.7. The Labute approximate surface area is 575 Å². The maximum atomic E-state index is 13.1. The van der Waals surface area contributed by atoms with Crippen LogP contribution in [0.5, 0.6) is 0 Å². The highest BCUT2D eigenvalue weighted by molar-refractivity contribution is 7.47. The first kappa shape index (κ1) is 92.1. The van der Waals surface area contributed by atoms with Crippen LogP contribution in [0.2, 0.25) is 0 Å². The number of carbonyl (C=O) groups excluding carboxylic acids is 4. The Morgan fingerprint density at radius 2 is 0.543 bits per heavy atom. The number of hydrogen-bond acceptors (Lipinski definition) is 15. The zero-order valence-corrected chi connectivity index (χ0v) is 63.2. The van der Waals surface area contributed by atoms with E-state index in [2.05, 4.69) is 48.5 Å². The van der Waals surface area contributed by atoms with Crippen molar-refractivity contribution >= 4 is 39.5 Å². The topological polar surface area (TPSA) is 237 Å². The molecule has 0 aliphatic carbocycles. The molecule has 0 aliphatic heterocycles. The SMILES string of the molecule is CCCCCCCCCCCCCCC(=O)O[C@H](COC(=O)CCCCCCCCC(C)C)COP(=O)(O)OC[C@H](O)COP(=O)(O)OC[C@@H](COC(=O)CCCCCCCCCCCCC(C)CC)OC(=O)CCCCCCCCCCCCCCCCCCC(C)C. The van der Waals surface area contributed by atoms with Gasteiger partial charge in [-0.05, 0) is 43.4 Å². The maximum Gasteiger partial charge on any atom is 0.472 e. The van der Waals surface area contributed by atoms with Gasteiger partial charge in [-0.1, -0.05) is 331 Å². The Kier molecular flexibility index (Phi) is 64.3. The van der Waals surface area contributed by atoms with Gasteiger partial charge < -0.3 is 33.8 Å². The van der Waals surface area contributed by atoms with Crippen molar-refractivity contribution in [2.75, 3.05) is 39.6 Å². The van der Waals surface area contributed by atoms with Gasteiger partial charge in [-0.15, -0.1) is 0 Å². The highest BCUT2D eigenvalue weighted by atomic mass is 31.2. The molecule has 0 bridgehead atoms.